The molecule has 1 unspecified atom stereocenters. The summed E-state index contributed by atoms with van der Waals surface area (Å²) >= 11 is 0. The first kappa shape index (κ1) is 23.6. The molecule has 2 aliphatic rings. The van der Waals surface area contributed by atoms with E-state index in [4.69, 9.17) is 0 Å². The number of para-hydroxylation sites is 1. The Bertz CT molecular complexity index is 1180. The lowest BCUT2D eigenvalue weighted by Gasteiger charge is -2.32. The second-order valence-corrected chi connectivity index (χ2v) is 9.95. The van der Waals surface area contributed by atoms with Crippen molar-refractivity contribution in [2.45, 2.75) is 45.1 Å². The van der Waals surface area contributed by atoms with Gasteiger partial charge < -0.3 is 10.2 Å². The molecule has 3 aromatic rings. The zero-order valence-electron chi connectivity index (χ0n) is 20.4. The molecule has 2 heterocycles. The van der Waals surface area contributed by atoms with Gasteiger partial charge in [-0.15, -0.1) is 0 Å². The van der Waals surface area contributed by atoms with Crippen molar-refractivity contribution in [1.29, 1.82) is 0 Å². The summed E-state index contributed by atoms with van der Waals surface area (Å²) in [6, 6.07) is 22.4. The van der Waals surface area contributed by atoms with Crippen LogP contribution in [-0.4, -0.2) is 47.8 Å². The Morgan fingerprint density at radius 2 is 1.54 bits per heavy atom. The van der Waals surface area contributed by atoms with E-state index in [1.165, 1.54) is 29.2 Å². The Morgan fingerprint density at radius 1 is 0.800 bits per heavy atom. The number of carbonyl (C=O) groups excluding carboxylic acids is 2. The zero-order chi connectivity index (χ0) is 24.0. The quantitative estimate of drug-likeness (QED) is 0.521. The van der Waals surface area contributed by atoms with Gasteiger partial charge in [0.2, 0.25) is 5.91 Å². The molecule has 0 radical (unpaired) electrons. The van der Waals surface area contributed by atoms with E-state index in [0.29, 0.717) is 11.3 Å². The van der Waals surface area contributed by atoms with Crippen LogP contribution >= 0.6 is 0 Å². The number of piperidine rings is 1. The highest BCUT2D eigenvalue weighted by atomic mass is 16.2. The molecule has 1 N–H and O–H groups in total. The highest BCUT2D eigenvalue weighted by Crippen LogP contribution is 2.26. The van der Waals surface area contributed by atoms with Gasteiger partial charge in [0.05, 0.1) is 17.2 Å². The van der Waals surface area contributed by atoms with Crippen LogP contribution in [0.3, 0.4) is 0 Å². The predicted molar refractivity (Wildman–Crippen MR) is 141 cm³/mol. The van der Waals surface area contributed by atoms with Crippen molar-refractivity contribution in [2.75, 3.05) is 31.5 Å². The number of nitrogens with one attached hydrogen (secondary N) is 1. The monoisotopic (exact) mass is 469 g/mol. The molecule has 2 aliphatic heterocycles. The highest BCUT2D eigenvalue weighted by Gasteiger charge is 2.28. The zero-order valence-corrected chi connectivity index (χ0v) is 20.4. The van der Waals surface area contributed by atoms with Gasteiger partial charge in [0.1, 0.15) is 0 Å². The van der Waals surface area contributed by atoms with Crippen LogP contribution in [0.1, 0.15) is 54.4 Å². The first-order chi connectivity index (χ1) is 17.2. The Morgan fingerprint density at radius 3 is 2.40 bits per heavy atom. The lowest BCUT2D eigenvalue weighted by molar-refractivity contribution is -0.121. The van der Waals surface area contributed by atoms with E-state index in [1.54, 1.807) is 0 Å². The van der Waals surface area contributed by atoms with E-state index in [-0.39, 0.29) is 17.7 Å². The van der Waals surface area contributed by atoms with Gasteiger partial charge in [-0.3, -0.25) is 14.5 Å². The van der Waals surface area contributed by atoms with Crippen LogP contribution in [0.2, 0.25) is 0 Å². The first-order valence-electron chi connectivity index (χ1n) is 13.1. The number of hydrogen-bond acceptors (Lipinski definition) is 3. The molecule has 1 atom stereocenters. The summed E-state index contributed by atoms with van der Waals surface area (Å²) in [4.78, 5) is 30.9. The third-order valence-electron chi connectivity index (χ3n) is 7.46. The number of amides is 2. The van der Waals surface area contributed by atoms with Gasteiger partial charge in [0, 0.05) is 26.2 Å². The van der Waals surface area contributed by atoms with Crippen molar-refractivity contribution < 1.29 is 9.59 Å². The molecule has 0 aliphatic carbocycles. The molecule has 5 nitrogen and oxygen atoms in total. The van der Waals surface area contributed by atoms with E-state index < -0.39 is 0 Å². The van der Waals surface area contributed by atoms with E-state index in [9.17, 15) is 9.59 Å². The highest BCUT2D eigenvalue weighted by molar-refractivity contribution is 6.04. The van der Waals surface area contributed by atoms with Crippen molar-refractivity contribution in [1.82, 2.24) is 9.80 Å². The Labute approximate surface area is 208 Å². The molecule has 182 valence electrons. The van der Waals surface area contributed by atoms with Crippen LogP contribution in [-0.2, 0) is 11.3 Å². The number of benzene rings is 3. The molecular formula is C30H35N3O2. The predicted octanol–water partition coefficient (Wildman–Crippen LogP) is 5.71. The smallest absolute Gasteiger partial charge is 0.255 e. The van der Waals surface area contributed by atoms with Gasteiger partial charge in [-0.1, -0.05) is 67.4 Å². The third kappa shape index (κ3) is 5.57. The Hall–Kier alpha value is -3.18. The summed E-state index contributed by atoms with van der Waals surface area (Å²) < 4.78 is 0. The van der Waals surface area contributed by atoms with Gasteiger partial charge >= 0.3 is 0 Å². The van der Waals surface area contributed by atoms with Crippen LogP contribution in [0.4, 0.5) is 5.69 Å². The van der Waals surface area contributed by atoms with Gasteiger partial charge in [0.15, 0.2) is 0 Å². The van der Waals surface area contributed by atoms with Crippen molar-refractivity contribution in [3.63, 3.8) is 0 Å². The molecule has 0 saturated carbocycles. The SMILES string of the molecule is O=C(Nc1ccccc1C(=O)N1CCCCCC1)C1CCCN(Cc2cccc3ccccc23)C1. The molecule has 3 aromatic carbocycles. The number of anilines is 1. The number of likely N-dealkylation sites (tertiary alicyclic amines) is 2. The number of carbonyl (C=O) groups is 2. The van der Waals surface area contributed by atoms with Gasteiger partial charge in [0.25, 0.3) is 5.91 Å². The van der Waals surface area contributed by atoms with E-state index >= 15 is 0 Å². The van der Waals surface area contributed by atoms with E-state index in [0.717, 1.165) is 58.4 Å². The second-order valence-electron chi connectivity index (χ2n) is 9.95. The van der Waals surface area contributed by atoms with Crippen LogP contribution in [0, 0.1) is 5.92 Å². The molecule has 5 heteroatoms. The van der Waals surface area contributed by atoms with Crippen LogP contribution in [0.25, 0.3) is 10.8 Å². The maximum Gasteiger partial charge on any atom is 0.255 e. The maximum atomic E-state index is 13.3. The number of nitrogens with zero attached hydrogens (tertiary/aromatic N) is 2. The van der Waals surface area contributed by atoms with Crippen molar-refractivity contribution in [3.8, 4) is 0 Å². The summed E-state index contributed by atoms with van der Waals surface area (Å²) in [5.41, 5.74) is 2.54. The minimum atomic E-state index is -0.0833. The van der Waals surface area contributed by atoms with Gasteiger partial charge in [-0.05, 0) is 60.7 Å². The summed E-state index contributed by atoms with van der Waals surface area (Å²) in [6.07, 6.45) is 6.33. The molecule has 2 fully saturated rings. The largest absolute Gasteiger partial charge is 0.339 e. The summed E-state index contributed by atoms with van der Waals surface area (Å²) in [6.45, 7) is 4.17. The molecule has 5 rings (SSSR count). The topological polar surface area (TPSA) is 52.7 Å². The number of rotatable bonds is 5. The number of hydrogen-bond donors (Lipinski definition) is 1. The fraction of sp³-hybridized carbons (Fsp3) is 0.400. The van der Waals surface area contributed by atoms with E-state index in [1.807, 2.05) is 29.2 Å². The Balaban J connectivity index is 1.26. The second kappa shape index (κ2) is 11.0. The average Bonchev–Trinajstić information content (AvgIpc) is 3.19. The normalized spacial score (nSPS) is 19.3. The molecule has 0 bridgehead atoms. The fourth-order valence-corrected chi connectivity index (χ4v) is 5.54. The Kier molecular flexibility index (Phi) is 7.43. The minimum absolute atomic E-state index is 0.0173. The third-order valence-corrected chi connectivity index (χ3v) is 7.46. The van der Waals surface area contributed by atoms with Crippen molar-refractivity contribution in [2.24, 2.45) is 5.92 Å². The van der Waals surface area contributed by atoms with Gasteiger partial charge in [-0.25, -0.2) is 0 Å². The molecule has 2 saturated heterocycles. The molecule has 2 amide bonds. The van der Waals surface area contributed by atoms with Crippen LogP contribution in [0.15, 0.2) is 66.7 Å². The average molecular weight is 470 g/mol. The standard InChI is InChI=1S/C30H35N3O2/c34-29(31-28-17-6-5-16-27(28)30(35)33-19-7-1-2-8-20-33)25-14-10-18-32(22-25)21-24-13-9-12-23-11-3-4-15-26(23)24/h3-6,9,11-13,15-17,25H,1-2,7-8,10,14,18-22H2,(H,31,34). The van der Waals surface area contributed by atoms with Crippen LogP contribution < -0.4 is 5.32 Å². The molecular weight excluding hydrogens is 434 g/mol. The molecule has 0 aromatic heterocycles. The summed E-state index contributed by atoms with van der Waals surface area (Å²) in [7, 11) is 0. The van der Waals surface area contributed by atoms with Crippen molar-refractivity contribution in [3.05, 3.63) is 77.9 Å². The van der Waals surface area contributed by atoms with E-state index in [2.05, 4.69) is 52.7 Å². The lowest BCUT2D eigenvalue weighted by Crippen LogP contribution is -2.40. The lowest BCUT2D eigenvalue weighted by atomic mass is 9.95. The molecule has 0 spiro atoms. The summed E-state index contributed by atoms with van der Waals surface area (Å²) in [5, 5.41) is 5.65. The van der Waals surface area contributed by atoms with Gasteiger partial charge in [-0.2, -0.15) is 0 Å². The van der Waals surface area contributed by atoms with Crippen molar-refractivity contribution >= 4 is 28.3 Å². The molecule has 35 heavy (non-hydrogen) atoms. The first-order valence-corrected chi connectivity index (χ1v) is 13.1. The maximum absolute atomic E-state index is 13.3. The van der Waals surface area contributed by atoms with Crippen LogP contribution in [0.5, 0.6) is 0 Å². The minimum Gasteiger partial charge on any atom is -0.339 e. The number of fused-ring (bicyclic) bond motifs is 1. The summed E-state index contributed by atoms with van der Waals surface area (Å²) in [5.74, 6) is -0.0344. The fourth-order valence-electron chi connectivity index (χ4n) is 5.54.